The number of benzene rings is 2. The van der Waals surface area contributed by atoms with Crippen molar-refractivity contribution in [2.75, 3.05) is 12.3 Å². The number of anilines is 1. The molecule has 0 bridgehead atoms. The maximum Gasteiger partial charge on any atom is 0.340 e. The molecule has 9 heteroatoms. The highest BCUT2D eigenvalue weighted by molar-refractivity contribution is 6.37. The first kappa shape index (κ1) is 18.6. The van der Waals surface area contributed by atoms with Gasteiger partial charge in [0.2, 0.25) is 0 Å². The van der Waals surface area contributed by atoms with Crippen molar-refractivity contribution in [2.24, 2.45) is 0 Å². The summed E-state index contributed by atoms with van der Waals surface area (Å²) in [6, 6.07) is 10.9. The molecule has 0 aliphatic carbocycles. The number of ether oxygens (including phenoxy) is 1. The highest BCUT2D eigenvalue weighted by Gasteiger charge is 2.16. The Bertz CT molecular complexity index is 813. The monoisotopic (exact) mass is 381 g/mol. The van der Waals surface area contributed by atoms with E-state index in [0.717, 1.165) is 0 Å². The van der Waals surface area contributed by atoms with Crippen LogP contribution in [0.25, 0.3) is 0 Å². The van der Waals surface area contributed by atoms with Crippen LogP contribution in [0.15, 0.2) is 42.5 Å². The molecule has 0 saturated carbocycles. The Morgan fingerprint density at radius 3 is 2.40 bits per heavy atom. The van der Waals surface area contributed by atoms with Crippen molar-refractivity contribution in [3.63, 3.8) is 0 Å². The Balaban J connectivity index is 1.86. The van der Waals surface area contributed by atoms with Crippen LogP contribution in [-0.2, 0) is 9.53 Å². The van der Waals surface area contributed by atoms with Gasteiger partial charge in [0.15, 0.2) is 6.61 Å². The lowest BCUT2D eigenvalue weighted by Gasteiger charge is -2.10. The first-order chi connectivity index (χ1) is 11.9. The van der Waals surface area contributed by atoms with E-state index in [1.165, 1.54) is 12.1 Å². The van der Waals surface area contributed by atoms with Crippen LogP contribution in [0.4, 0.5) is 5.69 Å². The van der Waals surface area contributed by atoms with E-state index < -0.39 is 24.4 Å². The molecule has 2 aromatic rings. The summed E-state index contributed by atoms with van der Waals surface area (Å²) in [4.78, 5) is 35.3. The Kier molecular flexibility index (Phi) is 6.21. The highest BCUT2D eigenvalue weighted by Crippen LogP contribution is 2.27. The molecule has 0 unspecified atom stereocenters. The van der Waals surface area contributed by atoms with Crippen molar-refractivity contribution < 1.29 is 19.1 Å². The topological polar surface area (TPSA) is 111 Å². The first-order valence-electron chi connectivity index (χ1n) is 6.94. The van der Waals surface area contributed by atoms with E-state index in [-0.39, 0.29) is 21.3 Å². The molecule has 25 heavy (non-hydrogen) atoms. The number of nitrogens with one attached hydrogen (secondary N) is 2. The number of rotatable bonds is 4. The lowest BCUT2D eigenvalue weighted by atomic mass is 10.2. The number of nitrogen functional groups attached to an aromatic ring is 1. The fraction of sp³-hybridized carbons (Fsp3) is 0.0625. The molecular weight excluding hydrogens is 369 g/mol. The van der Waals surface area contributed by atoms with Crippen molar-refractivity contribution in [1.29, 1.82) is 0 Å². The molecule has 7 nitrogen and oxygen atoms in total. The van der Waals surface area contributed by atoms with Gasteiger partial charge in [-0.25, -0.2) is 4.79 Å². The quantitative estimate of drug-likeness (QED) is 0.427. The summed E-state index contributed by atoms with van der Waals surface area (Å²) in [5.74, 6) is -2.11. The van der Waals surface area contributed by atoms with Crippen LogP contribution in [-0.4, -0.2) is 24.4 Å². The van der Waals surface area contributed by atoms with Gasteiger partial charge in [-0.15, -0.1) is 0 Å². The number of hydrogen-bond donors (Lipinski definition) is 3. The fourth-order valence-corrected chi connectivity index (χ4v) is 2.28. The van der Waals surface area contributed by atoms with Gasteiger partial charge in [-0.05, 0) is 24.3 Å². The summed E-state index contributed by atoms with van der Waals surface area (Å²) in [6.07, 6.45) is 0. The highest BCUT2D eigenvalue weighted by atomic mass is 35.5. The van der Waals surface area contributed by atoms with Crippen LogP contribution >= 0.6 is 23.2 Å². The minimum atomic E-state index is -0.869. The van der Waals surface area contributed by atoms with E-state index in [1.807, 2.05) is 0 Å². The number of esters is 1. The first-order valence-corrected chi connectivity index (χ1v) is 7.70. The zero-order valence-corrected chi connectivity index (χ0v) is 14.2. The average molecular weight is 382 g/mol. The smallest absolute Gasteiger partial charge is 0.340 e. The van der Waals surface area contributed by atoms with Crippen LogP contribution in [0.3, 0.4) is 0 Å². The minimum absolute atomic E-state index is 0.00569. The van der Waals surface area contributed by atoms with Gasteiger partial charge in [0.05, 0.1) is 16.3 Å². The molecule has 0 saturated heterocycles. The third-order valence-electron chi connectivity index (χ3n) is 3.00. The van der Waals surface area contributed by atoms with E-state index in [4.69, 9.17) is 33.7 Å². The second-order valence-electron chi connectivity index (χ2n) is 4.79. The molecule has 4 N–H and O–H groups in total. The van der Waals surface area contributed by atoms with E-state index in [0.29, 0.717) is 5.56 Å². The molecular formula is C16H13Cl2N3O4. The maximum atomic E-state index is 11.9. The molecule has 130 valence electrons. The van der Waals surface area contributed by atoms with Crippen LogP contribution in [0, 0.1) is 0 Å². The molecule has 0 heterocycles. The van der Waals surface area contributed by atoms with Crippen LogP contribution in [0.1, 0.15) is 20.7 Å². The number of amides is 2. The third kappa shape index (κ3) is 5.10. The standard InChI is InChI=1S/C16H13Cl2N3O4/c17-10-6-11(14(19)12(18)7-10)16(24)25-8-13(22)20-21-15(23)9-4-2-1-3-5-9/h1-7H,8,19H2,(H,20,22)(H,21,23). The molecule has 0 aromatic heterocycles. The van der Waals surface area contributed by atoms with E-state index >= 15 is 0 Å². The van der Waals surface area contributed by atoms with Crippen molar-refractivity contribution in [3.05, 3.63) is 63.6 Å². The predicted octanol–water partition coefficient (Wildman–Crippen LogP) is 2.19. The van der Waals surface area contributed by atoms with Crippen LogP contribution in [0.5, 0.6) is 0 Å². The van der Waals surface area contributed by atoms with Gasteiger partial charge in [0, 0.05) is 10.6 Å². The summed E-state index contributed by atoms with van der Waals surface area (Å²) < 4.78 is 4.82. The number of hydrazine groups is 1. The van der Waals surface area contributed by atoms with Crippen molar-refractivity contribution in [1.82, 2.24) is 10.9 Å². The number of halogens is 2. The zero-order valence-electron chi connectivity index (χ0n) is 12.7. The second kappa shape index (κ2) is 8.36. The average Bonchev–Trinajstić information content (AvgIpc) is 2.61. The molecule has 0 spiro atoms. The molecule has 0 fully saturated rings. The predicted molar refractivity (Wildman–Crippen MR) is 93.2 cm³/mol. The molecule has 2 rings (SSSR count). The normalized spacial score (nSPS) is 10.0. The number of hydrogen-bond acceptors (Lipinski definition) is 5. The summed E-state index contributed by atoms with van der Waals surface area (Å²) in [5, 5.41) is 0.296. The van der Waals surface area contributed by atoms with Gasteiger partial charge in [0.1, 0.15) is 0 Å². The van der Waals surface area contributed by atoms with Gasteiger partial charge in [0.25, 0.3) is 11.8 Å². The van der Waals surface area contributed by atoms with Gasteiger partial charge in [-0.1, -0.05) is 41.4 Å². The van der Waals surface area contributed by atoms with Gasteiger partial charge < -0.3 is 10.5 Å². The zero-order chi connectivity index (χ0) is 18.4. The summed E-state index contributed by atoms with van der Waals surface area (Å²) in [5.41, 5.74) is 10.3. The second-order valence-corrected chi connectivity index (χ2v) is 5.64. The van der Waals surface area contributed by atoms with Gasteiger partial charge in [-0.2, -0.15) is 0 Å². The summed E-state index contributed by atoms with van der Waals surface area (Å²) >= 11 is 11.6. The molecule has 0 aliphatic rings. The van der Waals surface area contributed by atoms with Crippen molar-refractivity contribution in [2.45, 2.75) is 0 Å². The Hall–Kier alpha value is -2.77. The van der Waals surface area contributed by atoms with Crippen molar-refractivity contribution in [3.8, 4) is 0 Å². The molecule has 0 aliphatic heterocycles. The Labute approximate surface area is 153 Å². The molecule has 2 aromatic carbocycles. The Morgan fingerprint density at radius 2 is 1.72 bits per heavy atom. The SMILES string of the molecule is Nc1c(Cl)cc(Cl)cc1C(=O)OCC(=O)NNC(=O)c1ccccc1. The summed E-state index contributed by atoms with van der Waals surface area (Å²) in [7, 11) is 0. The van der Waals surface area contributed by atoms with Gasteiger partial charge >= 0.3 is 5.97 Å². The van der Waals surface area contributed by atoms with E-state index in [1.54, 1.807) is 30.3 Å². The van der Waals surface area contributed by atoms with E-state index in [2.05, 4.69) is 10.9 Å². The fourth-order valence-electron chi connectivity index (χ4n) is 1.79. The Morgan fingerprint density at radius 1 is 1.04 bits per heavy atom. The van der Waals surface area contributed by atoms with E-state index in [9.17, 15) is 14.4 Å². The maximum absolute atomic E-state index is 11.9. The molecule has 0 atom stereocenters. The number of carbonyl (C=O) groups excluding carboxylic acids is 3. The summed E-state index contributed by atoms with van der Waals surface area (Å²) in [6.45, 7) is -0.628. The lowest BCUT2D eigenvalue weighted by Crippen LogP contribution is -2.43. The largest absolute Gasteiger partial charge is 0.452 e. The minimum Gasteiger partial charge on any atom is -0.452 e. The van der Waals surface area contributed by atoms with Crippen molar-refractivity contribution >= 4 is 46.7 Å². The third-order valence-corrected chi connectivity index (χ3v) is 3.53. The molecule has 2 amide bonds. The number of carbonyl (C=O) groups is 3. The van der Waals surface area contributed by atoms with Crippen LogP contribution < -0.4 is 16.6 Å². The molecule has 0 radical (unpaired) electrons. The lowest BCUT2D eigenvalue weighted by molar-refractivity contribution is -0.125. The van der Waals surface area contributed by atoms with Crippen LogP contribution in [0.2, 0.25) is 10.0 Å². The van der Waals surface area contributed by atoms with Gasteiger partial charge in [-0.3, -0.25) is 20.4 Å². The number of nitrogens with two attached hydrogens (primary N) is 1.